The molecule has 0 aliphatic carbocycles. The molecule has 0 spiro atoms. The molecule has 15 heavy (non-hydrogen) atoms. The number of anilines is 1. The Morgan fingerprint density at radius 3 is 2.67 bits per heavy atom. The summed E-state index contributed by atoms with van der Waals surface area (Å²) in [5.41, 5.74) is -0.000347. The number of likely N-dealkylation sites (N-methyl/N-ethyl adjacent to an activating group) is 2. The first-order chi connectivity index (χ1) is 7.07. The molecule has 0 fully saturated rings. The van der Waals surface area contributed by atoms with Crippen LogP contribution < -0.4 is 10.2 Å². The van der Waals surface area contributed by atoms with Gasteiger partial charge in [0.25, 0.3) is 0 Å². The van der Waals surface area contributed by atoms with Crippen LogP contribution in [0.4, 0.5) is 14.5 Å². The minimum atomic E-state index is -0.561. The molecule has 5 heteroatoms. The van der Waals surface area contributed by atoms with Gasteiger partial charge in [0, 0.05) is 20.1 Å². The summed E-state index contributed by atoms with van der Waals surface area (Å²) in [5.74, 6) is -1.11. The fourth-order valence-electron chi connectivity index (χ4n) is 1.26. The lowest BCUT2D eigenvalue weighted by molar-refractivity contribution is 0.571. The Kier molecular flexibility index (Phi) is 4.47. The number of halogens is 3. The van der Waals surface area contributed by atoms with Gasteiger partial charge in [-0.1, -0.05) is 0 Å². The lowest BCUT2D eigenvalue weighted by Gasteiger charge is -2.20. The van der Waals surface area contributed by atoms with E-state index in [0.717, 1.165) is 0 Å². The molecule has 0 bridgehead atoms. The first kappa shape index (κ1) is 12.4. The second kappa shape index (κ2) is 5.42. The highest BCUT2D eigenvalue weighted by atomic mass is 79.9. The van der Waals surface area contributed by atoms with Crippen LogP contribution in [0.5, 0.6) is 0 Å². The van der Waals surface area contributed by atoms with Gasteiger partial charge in [0.1, 0.15) is 11.5 Å². The SMILES string of the molecule is CNCCN(C)c1c(F)ccc(Br)c1F. The highest BCUT2D eigenvalue weighted by molar-refractivity contribution is 9.10. The monoisotopic (exact) mass is 278 g/mol. The summed E-state index contributed by atoms with van der Waals surface area (Å²) in [4.78, 5) is 1.55. The van der Waals surface area contributed by atoms with Gasteiger partial charge >= 0.3 is 0 Å². The zero-order valence-electron chi connectivity index (χ0n) is 8.65. The molecule has 0 amide bonds. The van der Waals surface area contributed by atoms with E-state index in [1.165, 1.54) is 12.1 Å². The minimum absolute atomic E-state index is 0.000347. The maximum atomic E-state index is 13.6. The quantitative estimate of drug-likeness (QED) is 0.851. The van der Waals surface area contributed by atoms with Crippen LogP contribution in [-0.4, -0.2) is 27.2 Å². The Hall–Kier alpha value is -0.680. The lowest BCUT2D eigenvalue weighted by atomic mass is 10.2. The Labute approximate surface area is 96.4 Å². The molecule has 0 aliphatic heterocycles. The van der Waals surface area contributed by atoms with Crippen molar-refractivity contribution in [2.45, 2.75) is 0 Å². The number of rotatable bonds is 4. The molecule has 1 rings (SSSR count). The van der Waals surface area contributed by atoms with Crippen LogP contribution in [0.15, 0.2) is 16.6 Å². The van der Waals surface area contributed by atoms with E-state index in [1.807, 2.05) is 0 Å². The summed E-state index contributed by atoms with van der Waals surface area (Å²) in [6.07, 6.45) is 0. The molecular weight excluding hydrogens is 266 g/mol. The van der Waals surface area contributed by atoms with Crippen molar-refractivity contribution in [2.24, 2.45) is 0 Å². The zero-order valence-corrected chi connectivity index (χ0v) is 10.2. The van der Waals surface area contributed by atoms with Gasteiger partial charge < -0.3 is 10.2 Å². The minimum Gasteiger partial charge on any atom is -0.369 e. The maximum absolute atomic E-state index is 13.6. The zero-order chi connectivity index (χ0) is 11.4. The van der Waals surface area contributed by atoms with Gasteiger partial charge in [0.05, 0.1) is 4.47 Å². The summed E-state index contributed by atoms with van der Waals surface area (Å²) in [7, 11) is 3.45. The molecule has 0 aromatic heterocycles. The van der Waals surface area contributed by atoms with E-state index in [1.54, 1.807) is 19.0 Å². The van der Waals surface area contributed by atoms with E-state index < -0.39 is 11.6 Å². The van der Waals surface area contributed by atoms with Crippen molar-refractivity contribution in [1.82, 2.24) is 5.32 Å². The van der Waals surface area contributed by atoms with Gasteiger partial charge in [-0.25, -0.2) is 8.78 Å². The summed E-state index contributed by atoms with van der Waals surface area (Å²) in [6, 6.07) is 2.61. The van der Waals surface area contributed by atoms with Crippen LogP contribution in [0.1, 0.15) is 0 Å². The third kappa shape index (κ3) is 2.89. The number of benzene rings is 1. The van der Waals surface area contributed by atoms with Crippen LogP contribution in [-0.2, 0) is 0 Å². The number of hydrogen-bond donors (Lipinski definition) is 1. The van der Waals surface area contributed by atoms with E-state index in [0.29, 0.717) is 13.1 Å². The number of nitrogens with zero attached hydrogens (tertiary/aromatic N) is 1. The highest BCUT2D eigenvalue weighted by Crippen LogP contribution is 2.28. The second-order valence-electron chi connectivity index (χ2n) is 3.22. The van der Waals surface area contributed by atoms with E-state index in [4.69, 9.17) is 0 Å². The largest absolute Gasteiger partial charge is 0.369 e. The molecule has 0 atom stereocenters. The second-order valence-corrected chi connectivity index (χ2v) is 4.07. The van der Waals surface area contributed by atoms with Gasteiger partial charge in [0.2, 0.25) is 0 Å². The molecule has 0 aliphatic rings. The third-order valence-electron chi connectivity index (χ3n) is 2.10. The summed E-state index contributed by atoms with van der Waals surface area (Å²) in [5, 5.41) is 2.92. The van der Waals surface area contributed by atoms with Crippen molar-refractivity contribution >= 4 is 21.6 Å². The normalized spacial score (nSPS) is 10.5. The van der Waals surface area contributed by atoms with E-state index in [2.05, 4.69) is 21.2 Å². The van der Waals surface area contributed by atoms with Crippen molar-refractivity contribution in [3.05, 3.63) is 28.2 Å². The molecule has 2 nitrogen and oxygen atoms in total. The predicted molar refractivity (Wildman–Crippen MR) is 61.3 cm³/mol. The topological polar surface area (TPSA) is 15.3 Å². The third-order valence-corrected chi connectivity index (χ3v) is 2.71. The summed E-state index contributed by atoms with van der Waals surface area (Å²) in [6.45, 7) is 1.21. The van der Waals surface area contributed by atoms with Crippen molar-refractivity contribution < 1.29 is 8.78 Å². The summed E-state index contributed by atoms with van der Waals surface area (Å²) >= 11 is 3.03. The number of nitrogens with one attached hydrogen (secondary N) is 1. The van der Waals surface area contributed by atoms with Crippen LogP contribution in [0, 0.1) is 11.6 Å². The fraction of sp³-hybridized carbons (Fsp3) is 0.400. The van der Waals surface area contributed by atoms with Crippen molar-refractivity contribution in [3.8, 4) is 0 Å². The Morgan fingerprint density at radius 2 is 2.07 bits per heavy atom. The van der Waals surface area contributed by atoms with Crippen LogP contribution in [0.3, 0.4) is 0 Å². The summed E-state index contributed by atoms with van der Waals surface area (Å²) < 4.78 is 27.2. The van der Waals surface area contributed by atoms with Gasteiger partial charge in [-0.15, -0.1) is 0 Å². The smallest absolute Gasteiger partial charge is 0.163 e. The van der Waals surface area contributed by atoms with Gasteiger partial charge in [0.15, 0.2) is 5.82 Å². The number of hydrogen-bond acceptors (Lipinski definition) is 2. The molecule has 1 aromatic carbocycles. The lowest BCUT2D eigenvalue weighted by Crippen LogP contribution is -2.28. The predicted octanol–water partition coefficient (Wildman–Crippen LogP) is 2.38. The first-order valence-electron chi connectivity index (χ1n) is 4.57. The maximum Gasteiger partial charge on any atom is 0.163 e. The van der Waals surface area contributed by atoms with Crippen molar-refractivity contribution in [2.75, 3.05) is 32.1 Å². The van der Waals surface area contributed by atoms with Crippen LogP contribution in [0.25, 0.3) is 0 Å². The average molecular weight is 279 g/mol. The Morgan fingerprint density at radius 1 is 1.40 bits per heavy atom. The molecule has 0 radical (unpaired) electrons. The van der Waals surface area contributed by atoms with E-state index >= 15 is 0 Å². The Bertz CT molecular complexity index is 344. The molecule has 1 N–H and O–H groups in total. The van der Waals surface area contributed by atoms with Crippen LogP contribution >= 0.6 is 15.9 Å². The first-order valence-corrected chi connectivity index (χ1v) is 5.36. The van der Waals surface area contributed by atoms with E-state index in [-0.39, 0.29) is 10.2 Å². The fourth-order valence-corrected chi connectivity index (χ4v) is 1.58. The average Bonchev–Trinajstić information content (AvgIpc) is 2.21. The van der Waals surface area contributed by atoms with Gasteiger partial charge in [-0.3, -0.25) is 0 Å². The van der Waals surface area contributed by atoms with Gasteiger partial charge in [-0.05, 0) is 35.1 Å². The Balaban J connectivity index is 2.96. The molecule has 0 unspecified atom stereocenters. The van der Waals surface area contributed by atoms with Crippen molar-refractivity contribution in [3.63, 3.8) is 0 Å². The molecule has 1 aromatic rings. The molecule has 0 saturated heterocycles. The van der Waals surface area contributed by atoms with E-state index in [9.17, 15) is 8.78 Å². The van der Waals surface area contributed by atoms with Gasteiger partial charge in [-0.2, -0.15) is 0 Å². The standard InChI is InChI=1S/C10H13BrF2N2/c1-14-5-6-15(2)10-8(12)4-3-7(11)9(10)13/h3-4,14H,5-6H2,1-2H3. The van der Waals surface area contributed by atoms with Crippen molar-refractivity contribution in [1.29, 1.82) is 0 Å². The molecular formula is C10H13BrF2N2. The highest BCUT2D eigenvalue weighted by Gasteiger charge is 2.15. The van der Waals surface area contributed by atoms with Crippen LogP contribution in [0.2, 0.25) is 0 Å². The molecule has 0 heterocycles. The molecule has 84 valence electrons. The molecule has 0 saturated carbocycles.